The average Bonchev–Trinajstić information content (AvgIpc) is 2.92. The fourth-order valence-corrected chi connectivity index (χ4v) is 1.71. The zero-order chi connectivity index (χ0) is 13.0. The molecule has 0 bridgehead atoms. The van der Waals surface area contributed by atoms with Crippen molar-refractivity contribution in [2.45, 2.75) is 32.7 Å². The van der Waals surface area contributed by atoms with Crippen LogP contribution in [0.5, 0.6) is 0 Å². The number of hydrogen-bond acceptors (Lipinski definition) is 5. The molecule has 0 fully saturated rings. The van der Waals surface area contributed by atoms with E-state index in [0.717, 1.165) is 43.1 Å². The van der Waals surface area contributed by atoms with Gasteiger partial charge in [-0.3, -0.25) is 0 Å². The zero-order valence-electron chi connectivity index (χ0n) is 10.9. The van der Waals surface area contributed by atoms with Crippen LogP contribution in [0.25, 0.3) is 0 Å². The van der Waals surface area contributed by atoms with Crippen molar-refractivity contribution in [2.75, 3.05) is 6.54 Å². The maximum atomic E-state index is 5.46. The molecule has 2 N–H and O–H groups in total. The van der Waals surface area contributed by atoms with Crippen molar-refractivity contribution in [3.05, 3.63) is 23.5 Å². The van der Waals surface area contributed by atoms with Crippen LogP contribution in [-0.4, -0.2) is 36.3 Å². The lowest BCUT2D eigenvalue weighted by Gasteiger charge is -2.00. The Hall–Kier alpha value is -1.76. The van der Waals surface area contributed by atoms with E-state index in [1.54, 1.807) is 4.68 Å². The van der Waals surface area contributed by atoms with Crippen molar-refractivity contribution in [2.24, 2.45) is 12.8 Å². The Kier molecular flexibility index (Phi) is 4.03. The lowest BCUT2D eigenvalue weighted by molar-refractivity contribution is 0.603. The van der Waals surface area contributed by atoms with Crippen molar-refractivity contribution < 1.29 is 0 Å². The molecule has 0 spiro atoms. The molecular formula is C11H19N7. The van der Waals surface area contributed by atoms with Gasteiger partial charge in [0.15, 0.2) is 5.82 Å². The molecule has 2 heterocycles. The Morgan fingerprint density at radius 2 is 2.06 bits per heavy atom. The topological polar surface area (TPSA) is 87.4 Å². The van der Waals surface area contributed by atoms with Gasteiger partial charge in [0.05, 0.1) is 5.69 Å². The normalized spacial score (nSPS) is 11.1. The fraction of sp³-hybridized carbons (Fsp3) is 0.636. The van der Waals surface area contributed by atoms with Gasteiger partial charge in [0.1, 0.15) is 12.4 Å². The van der Waals surface area contributed by atoms with Gasteiger partial charge in [-0.2, -0.15) is 0 Å². The van der Waals surface area contributed by atoms with Gasteiger partial charge in [0.25, 0.3) is 0 Å². The van der Waals surface area contributed by atoms with E-state index in [2.05, 4.69) is 20.5 Å². The fourth-order valence-electron chi connectivity index (χ4n) is 1.71. The van der Waals surface area contributed by atoms with E-state index >= 15 is 0 Å². The Bertz CT molecular complexity index is 499. The molecule has 0 saturated carbocycles. The smallest absolute Gasteiger partial charge is 0.154 e. The SMILES string of the molecule is Cc1nnc(Cn2cc(CCCCN)nn2)n1C. The molecule has 0 unspecified atom stereocenters. The number of nitrogens with two attached hydrogens (primary N) is 1. The Balaban J connectivity index is 1.96. The second-order valence-electron chi connectivity index (χ2n) is 4.38. The van der Waals surface area contributed by atoms with Gasteiger partial charge in [-0.1, -0.05) is 5.21 Å². The van der Waals surface area contributed by atoms with E-state index in [9.17, 15) is 0 Å². The first-order valence-electron chi connectivity index (χ1n) is 6.14. The van der Waals surface area contributed by atoms with Gasteiger partial charge in [-0.25, -0.2) is 4.68 Å². The highest BCUT2D eigenvalue weighted by Gasteiger charge is 2.07. The molecule has 7 nitrogen and oxygen atoms in total. The van der Waals surface area contributed by atoms with E-state index in [4.69, 9.17) is 5.73 Å². The molecule has 98 valence electrons. The van der Waals surface area contributed by atoms with Crippen LogP contribution in [-0.2, 0) is 20.0 Å². The van der Waals surface area contributed by atoms with Gasteiger partial charge in [0.2, 0.25) is 0 Å². The Labute approximate surface area is 106 Å². The molecule has 0 aliphatic heterocycles. The molecule has 0 aliphatic rings. The molecule has 7 heteroatoms. The van der Waals surface area contributed by atoms with Crippen molar-refractivity contribution in [3.63, 3.8) is 0 Å². The minimum Gasteiger partial charge on any atom is -0.330 e. The minimum atomic E-state index is 0.598. The van der Waals surface area contributed by atoms with Crippen LogP contribution < -0.4 is 5.73 Å². The summed E-state index contributed by atoms with van der Waals surface area (Å²) in [5, 5.41) is 16.4. The minimum absolute atomic E-state index is 0.598. The standard InChI is InChI=1S/C11H19N7/c1-9-13-15-11(17(9)2)8-18-7-10(14-16-18)5-3-4-6-12/h7H,3-6,8,12H2,1-2H3. The summed E-state index contributed by atoms with van der Waals surface area (Å²) >= 11 is 0. The van der Waals surface area contributed by atoms with Crippen molar-refractivity contribution in [1.29, 1.82) is 0 Å². The molecular weight excluding hydrogens is 230 g/mol. The number of aryl methyl sites for hydroxylation is 2. The molecule has 2 rings (SSSR count). The van der Waals surface area contributed by atoms with Crippen LogP contribution in [0.15, 0.2) is 6.20 Å². The summed E-state index contributed by atoms with van der Waals surface area (Å²) in [5.74, 6) is 1.78. The number of nitrogens with zero attached hydrogens (tertiary/aromatic N) is 6. The van der Waals surface area contributed by atoms with Gasteiger partial charge in [-0.05, 0) is 32.7 Å². The van der Waals surface area contributed by atoms with Gasteiger partial charge in [-0.15, -0.1) is 15.3 Å². The van der Waals surface area contributed by atoms with Gasteiger partial charge >= 0.3 is 0 Å². The van der Waals surface area contributed by atoms with Crippen LogP contribution in [0.1, 0.15) is 30.2 Å². The summed E-state index contributed by atoms with van der Waals surface area (Å²) in [5.41, 5.74) is 6.46. The quantitative estimate of drug-likeness (QED) is 0.731. The lowest BCUT2D eigenvalue weighted by Crippen LogP contribution is -2.07. The summed E-state index contributed by atoms with van der Waals surface area (Å²) in [6, 6.07) is 0. The largest absolute Gasteiger partial charge is 0.330 e. The summed E-state index contributed by atoms with van der Waals surface area (Å²) in [7, 11) is 1.95. The average molecular weight is 249 g/mol. The third-order valence-electron chi connectivity index (χ3n) is 2.96. The zero-order valence-corrected chi connectivity index (χ0v) is 10.9. The first-order valence-corrected chi connectivity index (χ1v) is 6.14. The second-order valence-corrected chi connectivity index (χ2v) is 4.38. The molecule has 18 heavy (non-hydrogen) atoms. The van der Waals surface area contributed by atoms with Crippen molar-refractivity contribution in [1.82, 2.24) is 29.8 Å². The summed E-state index contributed by atoms with van der Waals surface area (Å²) in [6.45, 7) is 3.25. The predicted octanol–water partition coefficient (Wildman–Crippen LogP) is 0.0447. The van der Waals surface area contributed by atoms with E-state index in [-0.39, 0.29) is 0 Å². The molecule has 0 atom stereocenters. The molecule has 2 aromatic heterocycles. The van der Waals surface area contributed by atoms with Crippen LogP contribution in [0, 0.1) is 6.92 Å². The van der Waals surface area contributed by atoms with E-state index in [0.29, 0.717) is 6.54 Å². The van der Waals surface area contributed by atoms with Gasteiger partial charge < -0.3 is 10.3 Å². The molecule has 0 saturated heterocycles. The third kappa shape index (κ3) is 2.92. The van der Waals surface area contributed by atoms with Crippen molar-refractivity contribution >= 4 is 0 Å². The van der Waals surface area contributed by atoms with Crippen LogP contribution in [0.3, 0.4) is 0 Å². The first kappa shape index (κ1) is 12.7. The maximum absolute atomic E-state index is 5.46. The molecule has 0 aromatic carbocycles. The summed E-state index contributed by atoms with van der Waals surface area (Å²) in [4.78, 5) is 0. The lowest BCUT2D eigenvalue weighted by atomic mass is 10.2. The summed E-state index contributed by atoms with van der Waals surface area (Å²) < 4.78 is 3.75. The van der Waals surface area contributed by atoms with Crippen LogP contribution in [0.2, 0.25) is 0 Å². The number of aromatic nitrogens is 6. The van der Waals surface area contributed by atoms with E-state index in [1.807, 2.05) is 24.7 Å². The van der Waals surface area contributed by atoms with Crippen LogP contribution >= 0.6 is 0 Å². The van der Waals surface area contributed by atoms with Gasteiger partial charge in [0, 0.05) is 13.2 Å². The summed E-state index contributed by atoms with van der Waals surface area (Å²) in [6.07, 6.45) is 4.96. The molecule has 0 amide bonds. The second kappa shape index (κ2) is 5.72. The number of unbranched alkanes of at least 4 members (excludes halogenated alkanes) is 1. The highest BCUT2D eigenvalue weighted by Crippen LogP contribution is 2.03. The Morgan fingerprint density at radius 1 is 1.22 bits per heavy atom. The van der Waals surface area contributed by atoms with Crippen molar-refractivity contribution in [3.8, 4) is 0 Å². The maximum Gasteiger partial charge on any atom is 0.154 e. The molecule has 0 aliphatic carbocycles. The van der Waals surface area contributed by atoms with E-state index < -0.39 is 0 Å². The molecule has 0 radical (unpaired) electrons. The highest BCUT2D eigenvalue weighted by atomic mass is 15.4. The van der Waals surface area contributed by atoms with E-state index in [1.165, 1.54) is 0 Å². The monoisotopic (exact) mass is 249 g/mol. The van der Waals surface area contributed by atoms with Crippen LogP contribution in [0.4, 0.5) is 0 Å². The first-order chi connectivity index (χ1) is 8.70. The number of hydrogen-bond donors (Lipinski definition) is 1. The number of rotatable bonds is 6. The predicted molar refractivity (Wildman–Crippen MR) is 66.9 cm³/mol. The molecule has 2 aromatic rings. The highest BCUT2D eigenvalue weighted by molar-refractivity contribution is 4.97. The third-order valence-corrected chi connectivity index (χ3v) is 2.96. The Morgan fingerprint density at radius 3 is 2.72 bits per heavy atom.